The van der Waals surface area contributed by atoms with Crippen molar-refractivity contribution in [2.45, 2.75) is 26.2 Å². The molecule has 1 aromatic carbocycles. The van der Waals surface area contributed by atoms with Crippen LogP contribution in [-0.4, -0.2) is 27.3 Å². The van der Waals surface area contributed by atoms with Gasteiger partial charge in [0.05, 0.1) is 14.2 Å². The molecule has 18 heavy (non-hydrogen) atoms. The molecule has 0 radical (unpaired) electrons. The Hall–Kier alpha value is -1.22. The molecule has 3 nitrogen and oxygen atoms in total. The third-order valence-electron chi connectivity index (χ3n) is 3.90. The normalized spacial score (nSPS) is 16.6. The first-order chi connectivity index (χ1) is 8.76. The van der Waals surface area contributed by atoms with E-state index in [-0.39, 0.29) is 0 Å². The lowest BCUT2D eigenvalue weighted by atomic mass is 9.88. The van der Waals surface area contributed by atoms with Crippen molar-refractivity contribution in [3.63, 3.8) is 0 Å². The maximum atomic E-state index is 5.50. The van der Waals surface area contributed by atoms with Crippen LogP contribution in [0.1, 0.15) is 24.0 Å². The summed E-state index contributed by atoms with van der Waals surface area (Å²) >= 11 is 0. The maximum absolute atomic E-state index is 5.50. The van der Waals surface area contributed by atoms with Gasteiger partial charge in [-0.05, 0) is 62.9 Å². The van der Waals surface area contributed by atoms with Gasteiger partial charge in [0.2, 0.25) is 0 Å². The van der Waals surface area contributed by atoms with Gasteiger partial charge in [-0.2, -0.15) is 0 Å². The van der Waals surface area contributed by atoms with Crippen molar-refractivity contribution in [3.05, 3.63) is 23.3 Å². The van der Waals surface area contributed by atoms with Crippen LogP contribution in [0.3, 0.4) is 0 Å². The van der Waals surface area contributed by atoms with E-state index < -0.39 is 0 Å². The molecule has 1 saturated heterocycles. The second kappa shape index (κ2) is 6.10. The lowest BCUT2D eigenvalue weighted by Crippen LogP contribution is -2.28. The zero-order valence-electron chi connectivity index (χ0n) is 11.6. The molecule has 0 bridgehead atoms. The maximum Gasteiger partial charge on any atom is 0.122 e. The first-order valence-corrected chi connectivity index (χ1v) is 6.67. The van der Waals surface area contributed by atoms with E-state index in [0.717, 1.165) is 36.9 Å². The molecule has 100 valence electrons. The summed E-state index contributed by atoms with van der Waals surface area (Å²) in [5, 5.41) is 3.41. The molecule has 1 fully saturated rings. The van der Waals surface area contributed by atoms with Crippen molar-refractivity contribution in [3.8, 4) is 11.5 Å². The number of piperidine rings is 1. The second-order valence-corrected chi connectivity index (χ2v) is 4.97. The smallest absolute Gasteiger partial charge is 0.122 e. The molecule has 1 heterocycles. The third kappa shape index (κ3) is 2.78. The minimum Gasteiger partial charge on any atom is -0.496 e. The first kappa shape index (κ1) is 13.2. The lowest BCUT2D eigenvalue weighted by Gasteiger charge is -2.24. The summed E-state index contributed by atoms with van der Waals surface area (Å²) in [6, 6.07) is 4.00. The highest BCUT2D eigenvalue weighted by atomic mass is 16.5. The topological polar surface area (TPSA) is 30.5 Å². The summed E-state index contributed by atoms with van der Waals surface area (Å²) in [7, 11) is 3.47. The van der Waals surface area contributed by atoms with Gasteiger partial charge in [-0.1, -0.05) is 0 Å². The van der Waals surface area contributed by atoms with E-state index in [1.54, 1.807) is 14.2 Å². The Morgan fingerprint density at radius 3 is 2.33 bits per heavy atom. The molecular formula is C15H23NO2. The highest BCUT2D eigenvalue weighted by molar-refractivity contribution is 5.48. The Labute approximate surface area is 109 Å². The molecule has 0 unspecified atom stereocenters. The molecule has 0 spiro atoms. The first-order valence-electron chi connectivity index (χ1n) is 6.67. The van der Waals surface area contributed by atoms with Crippen molar-refractivity contribution < 1.29 is 9.47 Å². The number of methoxy groups -OCH3 is 2. The Morgan fingerprint density at radius 1 is 1.11 bits per heavy atom. The van der Waals surface area contributed by atoms with Crippen LogP contribution in [0.25, 0.3) is 0 Å². The number of ether oxygens (including phenoxy) is 2. The molecule has 3 heteroatoms. The van der Waals surface area contributed by atoms with Gasteiger partial charge in [-0.15, -0.1) is 0 Å². The molecule has 2 rings (SSSR count). The summed E-state index contributed by atoms with van der Waals surface area (Å²) in [5.41, 5.74) is 2.53. The number of hydrogen-bond acceptors (Lipinski definition) is 3. The standard InChI is InChI=1S/C15H23NO2/c1-11-13(10-12-6-8-16-9-7-12)15(18-3)5-4-14(11)17-2/h4-5,12,16H,6-10H2,1-3H3. The Bertz CT molecular complexity index is 398. The summed E-state index contributed by atoms with van der Waals surface area (Å²) in [4.78, 5) is 0. The fourth-order valence-electron chi connectivity index (χ4n) is 2.75. The van der Waals surface area contributed by atoms with Crippen LogP contribution < -0.4 is 14.8 Å². The quantitative estimate of drug-likeness (QED) is 0.889. The van der Waals surface area contributed by atoms with Crippen molar-refractivity contribution in [1.82, 2.24) is 5.32 Å². The van der Waals surface area contributed by atoms with Crippen molar-refractivity contribution in [2.75, 3.05) is 27.3 Å². The number of rotatable bonds is 4. The highest BCUT2D eigenvalue weighted by Crippen LogP contribution is 2.33. The van der Waals surface area contributed by atoms with E-state index in [4.69, 9.17) is 9.47 Å². The summed E-state index contributed by atoms with van der Waals surface area (Å²) in [5.74, 6) is 2.71. The molecule has 1 N–H and O–H groups in total. The predicted molar refractivity (Wildman–Crippen MR) is 73.6 cm³/mol. The molecule has 0 aromatic heterocycles. The molecule has 1 aromatic rings. The summed E-state index contributed by atoms with van der Waals surface area (Å²) < 4.78 is 10.9. The van der Waals surface area contributed by atoms with Gasteiger partial charge in [0.1, 0.15) is 11.5 Å². The Morgan fingerprint density at radius 2 is 1.72 bits per heavy atom. The van der Waals surface area contributed by atoms with Gasteiger partial charge in [0.25, 0.3) is 0 Å². The SMILES string of the molecule is COc1ccc(OC)c(CC2CCNCC2)c1C. The Balaban J connectivity index is 2.23. The minimum absolute atomic E-state index is 0.756. The largest absolute Gasteiger partial charge is 0.496 e. The van der Waals surface area contributed by atoms with Crippen molar-refractivity contribution in [2.24, 2.45) is 5.92 Å². The van der Waals surface area contributed by atoms with Crippen LogP contribution in [0, 0.1) is 12.8 Å². The molecule has 1 aliphatic heterocycles. The van der Waals surface area contributed by atoms with E-state index >= 15 is 0 Å². The van der Waals surface area contributed by atoms with E-state index in [1.165, 1.54) is 24.0 Å². The molecule has 1 aliphatic rings. The van der Waals surface area contributed by atoms with Crippen LogP contribution in [0.2, 0.25) is 0 Å². The minimum atomic E-state index is 0.756. The van der Waals surface area contributed by atoms with Crippen LogP contribution in [-0.2, 0) is 6.42 Å². The van der Waals surface area contributed by atoms with Gasteiger partial charge in [0.15, 0.2) is 0 Å². The average Bonchev–Trinajstić information content (AvgIpc) is 2.42. The predicted octanol–water partition coefficient (Wildman–Crippen LogP) is 2.55. The van der Waals surface area contributed by atoms with Gasteiger partial charge in [-0.25, -0.2) is 0 Å². The van der Waals surface area contributed by atoms with Gasteiger partial charge in [-0.3, -0.25) is 0 Å². The average molecular weight is 249 g/mol. The number of benzene rings is 1. The summed E-state index contributed by atoms with van der Waals surface area (Å²) in [6.45, 7) is 4.39. The second-order valence-electron chi connectivity index (χ2n) is 4.97. The van der Waals surface area contributed by atoms with Gasteiger partial charge >= 0.3 is 0 Å². The third-order valence-corrected chi connectivity index (χ3v) is 3.90. The van der Waals surface area contributed by atoms with Crippen LogP contribution in [0.4, 0.5) is 0 Å². The number of nitrogens with one attached hydrogen (secondary N) is 1. The zero-order chi connectivity index (χ0) is 13.0. The van der Waals surface area contributed by atoms with Crippen LogP contribution in [0.15, 0.2) is 12.1 Å². The monoisotopic (exact) mass is 249 g/mol. The van der Waals surface area contributed by atoms with E-state index in [0.29, 0.717) is 0 Å². The summed E-state index contributed by atoms with van der Waals surface area (Å²) in [6.07, 6.45) is 3.59. The van der Waals surface area contributed by atoms with Crippen molar-refractivity contribution >= 4 is 0 Å². The molecule has 0 aliphatic carbocycles. The molecule has 0 amide bonds. The molecular weight excluding hydrogens is 226 g/mol. The molecule has 0 saturated carbocycles. The zero-order valence-corrected chi connectivity index (χ0v) is 11.6. The van der Waals surface area contributed by atoms with E-state index in [2.05, 4.69) is 12.2 Å². The number of hydrogen-bond donors (Lipinski definition) is 1. The lowest BCUT2D eigenvalue weighted by molar-refractivity contribution is 0.357. The van der Waals surface area contributed by atoms with Crippen LogP contribution >= 0.6 is 0 Å². The van der Waals surface area contributed by atoms with Gasteiger partial charge in [0, 0.05) is 5.56 Å². The van der Waals surface area contributed by atoms with Gasteiger partial charge < -0.3 is 14.8 Å². The fraction of sp³-hybridized carbons (Fsp3) is 0.600. The van der Waals surface area contributed by atoms with Crippen LogP contribution in [0.5, 0.6) is 11.5 Å². The van der Waals surface area contributed by atoms with Crippen molar-refractivity contribution in [1.29, 1.82) is 0 Å². The molecule has 0 atom stereocenters. The van der Waals surface area contributed by atoms with E-state index in [9.17, 15) is 0 Å². The van der Waals surface area contributed by atoms with E-state index in [1.807, 2.05) is 12.1 Å². The Kier molecular flexibility index (Phi) is 4.48. The highest BCUT2D eigenvalue weighted by Gasteiger charge is 2.18. The fourth-order valence-corrected chi connectivity index (χ4v) is 2.75.